The van der Waals surface area contributed by atoms with Crippen LogP contribution < -0.4 is 10.1 Å². The molecule has 1 heterocycles. The van der Waals surface area contributed by atoms with E-state index in [-0.39, 0.29) is 18.0 Å². The first-order valence-corrected chi connectivity index (χ1v) is 10.4. The van der Waals surface area contributed by atoms with Crippen molar-refractivity contribution in [3.8, 4) is 5.75 Å². The van der Waals surface area contributed by atoms with Gasteiger partial charge >= 0.3 is 0 Å². The van der Waals surface area contributed by atoms with Crippen molar-refractivity contribution >= 4 is 15.7 Å². The molecule has 1 unspecified atom stereocenters. The summed E-state index contributed by atoms with van der Waals surface area (Å²) in [6.45, 7) is -0.428. The van der Waals surface area contributed by atoms with Gasteiger partial charge in [0, 0.05) is 18.9 Å². The van der Waals surface area contributed by atoms with Crippen LogP contribution in [0, 0.1) is 5.82 Å². The van der Waals surface area contributed by atoms with Gasteiger partial charge in [0.05, 0.1) is 4.90 Å². The third-order valence-corrected chi connectivity index (χ3v) is 6.29. The fourth-order valence-corrected chi connectivity index (χ4v) is 4.33. The maximum atomic E-state index is 13.2. The Bertz CT molecular complexity index is 1040. The number of carbonyl (C=O) groups is 1. The van der Waals surface area contributed by atoms with E-state index in [1.807, 2.05) is 6.07 Å². The van der Waals surface area contributed by atoms with Crippen LogP contribution in [-0.4, -0.2) is 32.5 Å². The van der Waals surface area contributed by atoms with Gasteiger partial charge in [0.2, 0.25) is 0 Å². The van der Waals surface area contributed by atoms with Gasteiger partial charge in [-0.05, 0) is 48.0 Å². The third kappa shape index (κ3) is 5.39. The molecule has 1 atom stereocenters. The minimum Gasteiger partial charge on any atom is -0.484 e. The van der Waals surface area contributed by atoms with Crippen LogP contribution in [0.4, 0.5) is 4.39 Å². The van der Waals surface area contributed by atoms with E-state index in [9.17, 15) is 17.6 Å². The third-order valence-electron chi connectivity index (χ3n) is 4.17. The van der Waals surface area contributed by atoms with Gasteiger partial charge in [-0.2, -0.15) is 0 Å². The second kappa shape index (κ2) is 9.29. The molecule has 0 aliphatic rings. The summed E-state index contributed by atoms with van der Waals surface area (Å²) in [5.74, 6) is -0.462. The second-order valence-electron chi connectivity index (χ2n) is 6.18. The van der Waals surface area contributed by atoms with Crippen LogP contribution in [0.5, 0.6) is 5.75 Å². The van der Waals surface area contributed by atoms with Crippen molar-refractivity contribution in [2.24, 2.45) is 0 Å². The average Bonchev–Trinajstić information content (AvgIpc) is 2.74. The Hall–Kier alpha value is -3.26. The summed E-state index contributed by atoms with van der Waals surface area (Å²) in [4.78, 5) is 16.1. The van der Waals surface area contributed by atoms with Crippen LogP contribution in [0.2, 0.25) is 0 Å². The van der Waals surface area contributed by atoms with E-state index in [4.69, 9.17) is 4.74 Å². The molecule has 0 aliphatic heterocycles. The average molecular weight is 414 g/mol. The monoisotopic (exact) mass is 414 g/mol. The molecule has 3 rings (SSSR count). The van der Waals surface area contributed by atoms with Crippen LogP contribution in [0.1, 0.15) is 10.8 Å². The van der Waals surface area contributed by atoms with E-state index in [1.54, 1.807) is 36.4 Å². The highest BCUT2D eigenvalue weighted by Crippen LogP contribution is 2.28. The molecule has 3 aromatic rings. The molecule has 8 heteroatoms. The first kappa shape index (κ1) is 20.5. The molecule has 0 saturated carbocycles. The van der Waals surface area contributed by atoms with Crippen molar-refractivity contribution in [1.82, 2.24) is 10.3 Å². The number of amides is 1. The summed E-state index contributed by atoms with van der Waals surface area (Å²) >= 11 is 0. The Balaban J connectivity index is 1.74. The number of aromatic nitrogens is 1. The van der Waals surface area contributed by atoms with Crippen LogP contribution in [0.25, 0.3) is 0 Å². The SMILES string of the molecule is O=C(COc1ccccc1)NCC(c1cccnc1)S(=O)(=O)c1ccc(F)cc1. The molecule has 6 nitrogen and oxygen atoms in total. The van der Waals surface area contributed by atoms with Crippen LogP contribution >= 0.6 is 0 Å². The molecule has 0 aliphatic carbocycles. The highest BCUT2D eigenvalue weighted by molar-refractivity contribution is 7.91. The van der Waals surface area contributed by atoms with Crippen LogP contribution in [0.3, 0.4) is 0 Å². The van der Waals surface area contributed by atoms with Crippen molar-refractivity contribution in [3.63, 3.8) is 0 Å². The van der Waals surface area contributed by atoms with Crippen LogP contribution in [0.15, 0.2) is 84.0 Å². The Morgan fingerprint density at radius 3 is 2.41 bits per heavy atom. The van der Waals surface area contributed by atoms with E-state index in [0.29, 0.717) is 11.3 Å². The highest BCUT2D eigenvalue weighted by Gasteiger charge is 2.30. The van der Waals surface area contributed by atoms with E-state index in [1.165, 1.54) is 24.5 Å². The molecule has 0 bridgehead atoms. The lowest BCUT2D eigenvalue weighted by atomic mass is 10.2. The van der Waals surface area contributed by atoms with Gasteiger partial charge in [-0.3, -0.25) is 9.78 Å². The highest BCUT2D eigenvalue weighted by atomic mass is 32.2. The van der Waals surface area contributed by atoms with Gasteiger partial charge in [0.25, 0.3) is 5.91 Å². The van der Waals surface area contributed by atoms with E-state index < -0.39 is 26.8 Å². The van der Waals surface area contributed by atoms with Gasteiger partial charge in [-0.25, -0.2) is 12.8 Å². The maximum absolute atomic E-state index is 13.2. The first-order valence-electron chi connectivity index (χ1n) is 8.81. The van der Waals surface area contributed by atoms with Crippen molar-refractivity contribution in [3.05, 3.63) is 90.5 Å². The van der Waals surface area contributed by atoms with Gasteiger partial charge in [0.1, 0.15) is 16.8 Å². The molecular formula is C21H19FN2O4S. The number of carbonyl (C=O) groups excluding carboxylic acids is 1. The Labute approximate surface area is 168 Å². The molecule has 1 N–H and O–H groups in total. The van der Waals surface area contributed by atoms with E-state index in [0.717, 1.165) is 12.1 Å². The van der Waals surface area contributed by atoms with Crippen molar-refractivity contribution in [1.29, 1.82) is 0 Å². The number of para-hydroxylation sites is 1. The topological polar surface area (TPSA) is 85.4 Å². The molecular weight excluding hydrogens is 395 g/mol. The zero-order chi connectivity index (χ0) is 20.7. The van der Waals surface area contributed by atoms with Crippen LogP contribution in [-0.2, 0) is 14.6 Å². The summed E-state index contributed by atoms with van der Waals surface area (Å²) in [5.41, 5.74) is 0.418. The summed E-state index contributed by atoms with van der Waals surface area (Å²) in [6, 6.07) is 16.6. The standard InChI is InChI=1S/C21H19FN2O4S/c22-17-8-10-19(11-9-17)29(26,27)20(16-5-4-12-23-13-16)14-24-21(25)15-28-18-6-2-1-3-7-18/h1-13,20H,14-15H2,(H,24,25). The summed E-state index contributed by atoms with van der Waals surface area (Å²) in [5, 5.41) is 1.51. The minimum atomic E-state index is -3.90. The quantitative estimate of drug-likeness (QED) is 0.573. The minimum absolute atomic E-state index is 0.0393. The molecule has 0 radical (unpaired) electrons. The molecule has 1 aromatic heterocycles. The zero-order valence-electron chi connectivity index (χ0n) is 15.4. The Morgan fingerprint density at radius 1 is 1.03 bits per heavy atom. The molecule has 29 heavy (non-hydrogen) atoms. The maximum Gasteiger partial charge on any atom is 0.257 e. The van der Waals surface area contributed by atoms with E-state index in [2.05, 4.69) is 10.3 Å². The van der Waals surface area contributed by atoms with Gasteiger partial charge in [0.15, 0.2) is 16.4 Å². The summed E-state index contributed by atoms with van der Waals surface area (Å²) in [7, 11) is -3.90. The Kier molecular flexibility index (Phi) is 6.56. The lowest BCUT2D eigenvalue weighted by Crippen LogP contribution is -2.35. The van der Waals surface area contributed by atoms with Gasteiger partial charge < -0.3 is 10.1 Å². The fraction of sp³-hybridized carbons (Fsp3) is 0.143. The van der Waals surface area contributed by atoms with Gasteiger partial charge in [-0.1, -0.05) is 24.3 Å². The number of benzene rings is 2. The molecule has 2 aromatic carbocycles. The number of sulfone groups is 1. The first-order chi connectivity index (χ1) is 14.0. The summed E-state index contributed by atoms with van der Waals surface area (Å²) in [6.07, 6.45) is 2.95. The van der Waals surface area contributed by atoms with Crippen molar-refractivity contribution < 1.29 is 22.3 Å². The van der Waals surface area contributed by atoms with Crippen molar-refractivity contribution in [2.75, 3.05) is 13.2 Å². The number of pyridine rings is 1. The molecule has 1 amide bonds. The smallest absolute Gasteiger partial charge is 0.257 e. The number of ether oxygens (including phenoxy) is 1. The molecule has 150 valence electrons. The number of rotatable bonds is 8. The molecule has 0 saturated heterocycles. The predicted octanol–water partition coefficient (Wildman–Crippen LogP) is 2.93. The lowest BCUT2D eigenvalue weighted by Gasteiger charge is -2.19. The number of nitrogens with one attached hydrogen (secondary N) is 1. The number of hydrogen-bond donors (Lipinski definition) is 1. The second-order valence-corrected chi connectivity index (χ2v) is 8.31. The summed E-state index contributed by atoms with van der Waals surface area (Å²) < 4.78 is 44.8. The normalized spacial score (nSPS) is 12.2. The largest absolute Gasteiger partial charge is 0.484 e. The van der Waals surface area contributed by atoms with Crippen molar-refractivity contribution in [2.45, 2.75) is 10.1 Å². The number of hydrogen-bond acceptors (Lipinski definition) is 5. The predicted molar refractivity (Wildman–Crippen MR) is 106 cm³/mol. The van der Waals surface area contributed by atoms with E-state index >= 15 is 0 Å². The lowest BCUT2D eigenvalue weighted by molar-refractivity contribution is -0.123. The molecule has 0 fully saturated rings. The zero-order valence-corrected chi connectivity index (χ0v) is 16.2. The number of halogens is 1. The number of nitrogens with zero attached hydrogens (tertiary/aromatic N) is 1. The molecule has 0 spiro atoms. The van der Waals surface area contributed by atoms with Gasteiger partial charge in [-0.15, -0.1) is 0 Å². The fourth-order valence-electron chi connectivity index (χ4n) is 2.68. The Morgan fingerprint density at radius 2 is 1.76 bits per heavy atom.